The van der Waals surface area contributed by atoms with Crippen molar-refractivity contribution in [1.82, 2.24) is 10.3 Å². The van der Waals surface area contributed by atoms with Crippen LogP contribution in [-0.2, 0) is 6.54 Å². The van der Waals surface area contributed by atoms with E-state index in [9.17, 15) is 9.18 Å². The molecule has 0 fully saturated rings. The van der Waals surface area contributed by atoms with E-state index in [-0.39, 0.29) is 18.0 Å². The molecule has 0 saturated heterocycles. The van der Waals surface area contributed by atoms with Crippen LogP contribution in [0.5, 0.6) is 0 Å². The van der Waals surface area contributed by atoms with Crippen LogP contribution < -0.4 is 11.1 Å². The second-order valence-electron chi connectivity index (χ2n) is 4.12. The number of ketones is 1. The quantitative estimate of drug-likeness (QED) is 0.634. The van der Waals surface area contributed by atoms with Crippen LogP contribution in [-0.4, -0.2) is 17.3 Å². The van der Waals surface area contributed by atoms with Gasteiger partial charge in [-0.2, -0.15) is 0 Å². The van der Waals surface area contributed by atoms with Crippen LogP contribution in [0.25, 0.3) is 0 Å². The molecule has 3 N–H and O–H groups in total. The molecule has 0 saturated carbocycles. The minimum absolute atomic E-state index is 0.0139. The van der Waals surface area contributed by atoms with Crippen molar-refractivity contribution < 1.29 is 9.18 Å². The predicted molar refractivity (Wildman–Crippen MR) is 71.1 cm³/mol. The van der Waals surface area contributed by atoms with Crippen LogP contribution in [0.4, 0.5) is 10.1 Å². The highest BCUT2D eigenvalue weighted by molar-refractivity contribution is 5.98. The number of Topliss-reactive ketones (excluding diaryl/α,β-unsaturated/α-hetero) is 1. The van der Waals surface area contributed by atoms with Crippen molar-refractivity contribution in [1.29, 1.82) is 0 Å². The SMILES string of the molecule is Nc1cc(C(=O)CNCc2ccncc2)ccc1F. The molecule has 0 bridgehead atoms. The molecule has 19 heavy (non-hydrogen) atoms. The Morgan fingerprint density at radius 3 is 2.68 bits per heavy atom. The standard InChI is InChI=1S/C14H14FN3O/c15-12-2-1-11(7-13(12)16)14(19)9-18-8-10-3-5-17-6-4-10/h1-7,18H,8-9,16H2. The molecular formula is C14H14FN3O. The van der Waals surface area contributed by atoms with Gasteiger partial charge in [-0.3, -0.25) is 9.78 Å². The molecule has 1 aromatic carbocycles. The summed E-state index contributed by atoms with van der Waals surface area (Å²) in [5.41, 5.74) is 6.86. The highest BCUT2D eigenvalue weighted by Crippen LogP contribution is 2.12. The molecule has 0 atom stereocenters. The Kier molecular flexibility index (Phi) is 4.20. The van der Waals surface area contributed by atoms with Crippen LogP contribution in [0, 0.1) is 5.82 Å². The van der Waals surface area contributed by atoms with E-state index in [1.807, 2.05) is 12.1 Å². The largest absolute Gasteiger partial charge is 0.396 e. The molecule has 0 radical (unpaired) electrons. The third-order valence-electron chi connectivity index (χ3n) is 2.68. The van der Waals surface area contributed by atoms with Crippen molar-refractivity contribution in [3.8, 4) is 0 Å². The van der Waals surface area contributed by atoms with Gasteiger partial charge in [0.1, 0.15) is 5.82 Å². The Labute approximate surface area is 110 Å². The number of aromatic nitrogens is 1. The fourth-order valence-corrected chi connectivity index (χ4v) is 1.64. The van der Waals surface area contributed by atoms with E-state index in [4.69, 9.17) is 5.73 Å². The Hall–Kier alpha value is -2.27. The molecule has 2 rings (SSSR count). The zero-order valence-electron chi connectivity index (χ0n) is 10.3. The number of nitrogens with one attached hydrogen (secondary N) is 1. The fourth-order valence-electron chi connectivity index (χ4n) is 1.64. The van der Waals surface area contributed by atoms with Crippen LogP contribution in [0.1, 0.15) is 15.9 Å². The Morgan fingerprint density at radius 2 is 2.00 bits per heavy atom. The number of pyridine rings is 1. The van der Waals surface area contributed by atoms with Gasteiger partial charge in [0.25, 0.3) is 0 Å². The van der Waals surface area contributed by atoms with Crippen molar-refractivity contribution in [2.45, 2.75) is 6.54 Å². The third kappa shape index (κ3) is 3.59. The van der Waals surface area contributed by atoms with Crippen LogP contribution in [0.2, 0.25) is 0 Å². The number of rotatable bonds is 5. The first kappa shape index (κ1) is 13.2. The molecule has 1 heterocycles. The van der Waals surface area contributed by atoms with E-state index < -0.39 is 5.82 Å². The lowest BCUT2D eigenvalue weighted by atomic mass is 10.1. The van der Waals surface area contributed by atoms with Crippen LogP contribution in [0.3, 0.4) is 0 Å². The zero-order valence-corrected chi connectivity index (χ0v) is 10.3. The molecule has 0 aliphatic rings. The van der Waals surface area contributed by atoms with E-state index in [2.05, 4.69) is 10.3 Å². The van der Waals surface area contributed by atoms with E-state index >= 15 is 0 Å². The maximum absolute atomic E-state index is 13.0. The molecule has 4 nitrogen and oxygen atoms in total. The van der Waals surface area contributed by atoms with Gasteiger partial charge in [-0.15, -0.1) is 0 Å². The first-order chi connectivity index (χ1) is 9.16. The number of nitrogen functional groups attached to an aromatic ring is 1. The summed E-state index contributed by atoms with van der Waals surface area (Å²) in [6, 6.07) is 7.72. The Balaban J connectivity index is 1.89. The lowest BCUT2D eigenvalue weighted by Gasteiger charge is -2.05. The maximum Gasteiger partial charge on any atom is 0.176 e. The van der Waals surface area contributed by atoms with Gasteiger partial charge in [-0.05, 0) is 35.9 Å². The topological polar surface area (TPSA) is 68.0 Å². The predicted octanol–water partition coefficient (Wildman–Crippen LogP) is 1.78. The minimum Gasteiger partial charge on any atom is -0.396 e. The number of benzene rings is 1. The van der Waals surface area contributed by atoms with Gasteiger partial charge in [-0.25, -0.2) is 4.39 Å². The minimum atomic E-state index is -0.513. The number of halogens is 1. The Bertz CT molecular complexity index is 572. The van der Waals surface area contributed by atoms with Crippen LogP contribution in [0.15, 0.2) is 42.7 Å². The first-order valence-corrected chi connectivity index (χ1v) is 5.84. The fraction of sp³-hybridized carbons (Fsp3) is 0.143. The third-order valence-corrected chi connectivity index (χ3v) is 2.68. The van der Waals surface area contributed by atoms with Crippen molar-refractivity contribution in [2.24, 2.45) is 0 Å². The summed E-state index contributed by atoms with van der Waals surface area (Å²) in [4.78, 5) is 15.8. The van der Waals surface area contributed by atoms with E-state index in [0.29, 0.717) is 12.1 Å². The van der Waals surface area contributed by atoms with Gasteiger partial charge < -0.3 is 11.1 Å². The number of carbonyl (C=O) groups excluding carboxylic acids is 1. The van der Waals surface area contributed by atoms with Gasteiger partial charge in [0.15, 0.2) is 5.78 Å². The van der Waals surface area contributed by atoms with Gasteiger partial charge in [0.2, 0.25) is 0 Å². The van der Waals surface area contributed by atoms with E-state index in [1.54, 1.807) is 12.4 Å². The summed E-state index contributed by atoms with van der Waals surface area (Å²) in [5, 5.41) is 3.02. The first-order valence-electron chi connectivity index (χ1n) is 5.84. The molecule has 0 amide bonds. The number of nitrogens with zero attached hydrogens (tertiary/aromatic N) is 1. The van der Waals surface area contributed by atoms with Gasteiger partial charge >= 0.3 is 0 Å². The van der Waals surface area contributed by atoms with Gasteiger partial charge in [0, 0.05) is 24.5 Å². The number of anilines is 1. The van der Waals surface area contributed by atoms with Crippen molar-refractivity contribution in [3.63, 3.8) is 0 Å². The Morgan fingerprint density at radius 1 is 1.26 bits per heavy atom. The van der Waals surface area contributed by atoms with Gasteiger partial charge in [0.05, 0.1) is 12.2 Å². The number of carbonyl (C=O) groups is 1. The number of nitrogens with two attached hydrogens (primary N) is 1. The van der Waals surface area contributed by atoms with Crippen molar-refractivity contribution in [2.75, 3.05) is 12.3 Å². The lowest BCUT2D eigenvalue weighted by molar-refractivity contribution is 0.0991. The molecule has 0 aliphatic heterocycles. The summed E-state index contributed by atoms with van der Waals surface area (Å²) < 4.78 is 13.0. The molecule has 0 unspecified atom stereocenters. The lowest BCUT2D eigenvalue weighted by Crippen LogP contribution is -2.22. The summed E-state index contributed by atoms with van der Waals surface area (Å²) in [6.07, 6.45) is 3.39. The molecule has 2 aromatic rings. The number of hydrogen-bond acceptors (Lipinski definition) is 4. The van der Waals surface area contributed by atoms with E-state index in [0.717, 1.165) is 5.56 Å². The molecule has 98 valence electrons. The highest BCUT2D eigenvalue weighted by Gasteiger charge is 2.07. The monoisotopic (exact) mass is 259 g/mol. The zero-order chi connectivity index (χ0) is 13.7. The second kappa shape index (κ2) is 6.06. The maximum atomic E-state index is 13.0. The smallest absolute Gasteiger partial charge is 0.176 e. The summed E-state index contributed by atoms with van der Waals surface area (Å²) in [7, 11) is 0. The van der Waals surface area contributed by atoms with Crippen LogP contribution >= 0.6 is 0 Å². The summed E-state index contributed by atoms with van der Waals surface area (Å²) in [6.45, 7) is 0.748. The number of hydrogen-bond donors (Lipinski definition) is 2. The van der Waals surface area contributed by atoms with Gasteiger partial charge in [-0.1, -0.05) is 0 Å². The van der Waals surface area contributed by atoms with Crippen molar-refractivity contribution >= 4 is 11.5 Å². The van der Waals surface area contributed by atoms with E-state index in [1.165, 1.54) is 18.2 Å². The normalized spacial score (nSPS) is 10.4. The summed E-state index contributed by atoms with van der Waals surface area (Å²) >= 11 is 0. The molecular weight excluding hydrogens is 245 g/mol. The molecule has 0 aliphatic carbocycles. The average Bonchev–Trinajstić information content (AvgIpc) is 2.43. The van der Waals surface area contributed by atoms with Crippen molar-refractivity contribution in [3.05, 3.63) is 59.7 Å². The highest BCUT2D eigenvalue weighted by atomic mass is 19.1. The molecule has 1 aromatic heterocycles. The summed E-state index contributed by atoms with van der Waals surface area (Å²) in [5.74, 6) is -0.637. The average molecular weight is 259 g/mol. The molecule has 5 heteroatoms. The second-order valence-corrected chi connectivity index (χ2v) is 4.12. The molecule has 0 spiro atoms.